The SMILES string of the molecule is Cc1sc2ncnc(Nc3ccc(C(=O)O)cc3)c2c1-c1ccccc1. The maximum absolute atomic E-state index is 11.0. The highest BCUT2D eigenvalue weighted by molar-refractivity contribution is 7.19. The van der Waals surface area contributed by atoms with Gasteiger partial charge in [-0.3, -0.25) is 0 Å². The van der Waals surface area contributed by atoms with Gasteiger partial charge in [0.05, 0.1) is 10.9 Å². The number of thiophene rings is 1. The second-order valence-electron chi connectivity index (χ2n) is 5.81. The summed E-state index contributed by atoms with van der Waals surface area (Å²) in [6, 6.07) is 16.8. The number of carboxylic acids is 1. The highest BCUT2D eigenvalue weighted by Crippen LogP contribution is 2.40. The van der Waals surface area contributed by atoms with Crippen LogP contribution in [-0.2, 0) is 0 Å². The van der Waals surface area contributed by atoms with Crippen molar-refractivity contribution in [3.8, 4) is 11.1 Å². The minimum Gasteiger partial charge on any atom is -0.478 e. The van der Waals surface area contributed by atoms with E-state index in [1.54, 1.807) is 41.9 Å². The monoisotopic (exact) mass is 361 g/mol. The third kappa shape index (κ3) is 2.91. The first-order valence-electron chi connectivity index (χ1n) is 8.03. The van der Waals surface area contributed by atoms with Gasteiger partial charge >= 0.3 is 5.97 Å². The van der Waals surface area contributed by atoms with Crippen LogP contribution < -0.4 is 5.32 Å². The van der Waals surface area contributed by atoms with Gasteiger partial charge in [0.1, 0.15) is 17.0 Å². The van der Waals surface area contributed by atoms with E-state index in [9.17, 15) is 4.79 Å². The second kappa shape index (κ2) is 6.57. The van der Waals surface area contributed by atoms with Gasteiger partial charge in [-0.25, -0.2) is 14.8 Å². The number of hydrogen-bond acceptors (Lipinski definition) is 5. The van der Waals surface area contributed by atoms with Crippen LogP contribution in [0.3, 0.4) is 0 Å². The Hall–Kier alpha value is -3.25. The normalized spacial score (nSPS) is 10.8. The van der Waals surface area contributed by atoms with Gasteiger partial charge in [0, 0.05) is 16.1 Å². The molecule has 0 amide bonds. The van der Waals surface area contributed by atoms with E-state index in [4.69, 9.17) is 5.11 Å². The minimum absolute atomic E-state index is 0.250. The van der Waals surface area contributed by atoms with Gasteiger partial charge in [-0.1, -0.05) is 30.3 Å². The van der Waals surface area contributed by atoms with Crippen LogP contribution >= 0.6 is 11.3 Å². The number of anilines is 2. The largest absolute Gasteiger partial charge is 0.478 e. The highest BCUT2D eigenvalue weighted by atomic mass is 32.1. The van der Waals surface area contributed by atoms with Crippen molar-refractivity contribution >= 4 is 39.0 Å². The molecule has 0 aliphatic rings. The molecule has 2 heterocycles. The molecular formula is C20H15N3O2S. The Bertz CT molecular complexity index is 1090. The number of aromatic nitrogens is 2. The van der Waals surface area contributed by atoms with Crippen LogP contribution in [0.2, 0.25) is 0 Å². The first-order valence-corrected chi connectivity index (χ1v) is 8.85. The summed E-state index contributed by atoms with van der Waals surface area (Å²) >= 11 is 1.64. The zero-order valence-electron chi connectivity index (χ0n) is 13.9. The fourth-order valence-electron chi connectivity index (χ4n) is 2.92. The van der Waals surface area contributed by atoms with E-state index >= 15 is 0 Å². The van der Waals surface area contributed by atoms with Crippen molar-refractivity contribution in [1.29, 1.82) is 0 Å². The molecular weight excluding hydrogens is 346 g/mol. The smallest absolute Gasteiger partial charge is 0.335 e. The summed E-state index contributed by atoms with van der Waals surface area (Å²) in [5.41, 5.74) is 3.27. The molecule has 0 aliphatic carbocycles. The maximum Gasteiger partial charge on any atom is 0.335 e. The molecule has 26 heavy (non-hydrogen) atoms. The molecule has 0 radical (unpaired) electrons. The van der Waals surface area contributed by atoms with Gasteiger partial charge < -0.3 is 10.4 Å². The van der Waals surface area contributed by atoms with Gasteiger partial charge in [0.2, 0.25) is 0 Å². The third-order valence-electron chi connectivity index (χ3n) is 4.12. The Balaban J connectivity index is 1.82. The fraction of sp³-hybridized carbons (Fsp3) is 0.0500. The predicted octanol–water partition coefficient (Wildman–Crippen LogP) is 5.11. The molecule has 4 rings (SSSR count). The van der Waals surface area contributed by atoms with Crippen LogP contribution in [0.5, 0.6) is 0 Å². The molecule has 4 aromatic rings. The number of carbonyl (C=O) groups is 1. The van der Waals surface area contributed by atoms with E-state index in [2.05, 4.69) is 34.3 Å². The first kappa shape index (κ1) is 16.2. The van der Waals surface area contributed by atoms with Crippen LogP contribution in [0.4, 0.5) is 11.5 Å². The van der Waals surface area contributed by atoms with Gasteiger partial charge in [0.15, 0.2) is 0 Å². The lowest BCUT2D eigenvalue weighted by molar-refractivity contribution is 0.0697. The van der Waals surface area contributed by atoms with Crippen LogP contribution in [0, 0.1) is 6.92 Å². The van der Waals surface area contributed by atoms with Crippen molar-refractivity contribution in [2.45, 2.75) is 6.92 Å². The van der Waals surface area contributed by atoms with Gasteiger partial charge in [0.25, 0.3) is 0 Å². The van der Waals surface area contributed by atoms with Gasteiger partial charge in [-0.05, 0) is 36.8 Å². The molecule has 0 spiro atoms. The lowest BCUT2D eigenvalue weighted by Crippen LogP contribution is -1.98. The molecule has 2 aromatic carbocycles. The van der Waals surface area contributed by atoms with Crippen molar-refractivity contribution in [3.05, 3.63) is 71.4 Å². The van der Waals surface area contributed by atoms with Crippen molar-refractivity contribution in [3.63, 3.8) is 0 Å². The van der Waals surface area contributed by atoms with Crippen LogP contribution in [0.25, 0.3) is 21.3 Å². The summed E-state index contributed by atoms with van der Waals surface area (Å²) < 4.78 is 0. The summed E-state index contributed by atoms with van der Waals surface area (Å²) in [6.45, 7) is 2.08. The van der Waals surface area contributed by atoms with Crippen molar-refractivity contribution in [2.75, 3.05) is 5.32 Å². The number of fused-ring (bicyclic) bond motifs is 1. The Morgan fingerprint density at radius 2 is 1.77 bits per heavy atom. The number of aromatic carboxylic acids is 1. The molecule has 2 N–H and O–H groups in total. The van der Waals surface area contributed by atoms with E-state index in [0.717, 1.165) is 27.0 Å². The van der Waals surface area contributed by atoms with Crippen LogP contribution in [-0.4, -0.2) is 21.0 Å². The molecule has 5 nitrogen and oxygen atoms in total. The molecule has 0 atom stereocenters. The lowest BCUT2D eigenvalue weighted by atomic mass is 10.0. The number of nitrogens with one attached hydrogen (secondary N) is 1. The molecule has 0 unspecified atom stereocenters. The molecule has 2 aromatic heterocycles. The molecule has 128 valence electrons. The van der Waals surface area contributed by atoms with Crippen molar-refractivity contribution in [1.82, 2.24) is 9.97 Å². The number of benzene rings is 2. The summed E-state index contributed by atoms with van der Waals surface area (Å²) in [4.78, 5) is 21.9. The Kier molecular flexibility index (Phi) is 4.10. The summed E-state index contributed by atoms with van der Waals surface area (Å²) in [7, 11) is 0. The number of aryl methyl sites for hydroxylation is 1. The van der Waals surface area contributed by atoms with Gasteiger partial charge in [-0.15, -0.1) is 11.3 Å². The highest BCUT2D eigenvalue weighted by Gasteiger charge is 2.16. The predicted molar refractivity (Wildman–Crippen MR) is 104 cm³/mol. The summed E-state index contributed by atoms with van der Waals surface area (Å²) in [6.07, 6.45) is 1.54. The number of nitrogens with zero attached hydrogens (tertiary/aromatic N) is 2. The quantitative estimate of drug-likeness (QED) is 0.528. The maximum atomic E-state index is 11.0. The molecule has 0 aliphatic heterocycles. The third-order valence-corrected chi connectivity index (χ3v) is 5.13. The minimum atomic E-state index is -0.944. The molecule has 0 saturated heterocycles. The summed E-state index contributed by atoms with van der Waals surface area (Å²) in [5, 5.41) is 13.3. The van der Waals surface area contributed by atoms with Crippen molar-refractivity contribution in [2.24, 2.45) is 0 Å². The topological polar surface area (TPSA) is 75.1 Å². The Morgan fingerprint density at radius 3 is 2.46 bits per heavy atom. The molecule has 0 fully saturated rings. The average molecular weight is 361 g/mol. The molecule has 0 bridgehead atoms. The molecule has 0 saturated carbocycles. The Morgan fingerprint density at radius 1 is 1.04 bits per heavy atom. The average Bonchev–Trinajstić information content (AvgIpc) is 3.00. The van der Waals surface area contributed by atoms with E-state index in [1.165, 1.54) is 4.88 Å². The van der Waals surface area contributed by atoms with E-state index < -0.39 is 5.97 Å². The standard InChI is InChI=1S/C20H15N3O2S/c1-12-16(13-5-3-2-4-6-13)17-18(21-11-22-19(17)26-12)23-15-9-7-14(8-10-15)20(24)25/h2-11H,1H3,(H,24,25)(H,21,22,23). The zero-order valence-corrected chi connectivity index (χ0v) is 14.7. The number of rotatable bonds is 4. The van der Waals surface area contributed by atoms with Crippen molar-refractivity contribution < 1.29 is 9.90 Å². The van der Waals surface area contributed by atoms with Crippen LogP contribution in [0.1, 0.15) is 15.2 Å². The zero-order chi connectivity index (χ0) is 18.1. The number of hydrogen-bond donors (Lipinski definition) is 2. The number of carboxylic acid groups (broad SMARTS) is 1. The fourth-order valence-corrected chi connectivity index (χ4v) is 3.94. The van der Waals surface area contributed by atoms with E-state index in [-0.39, 0.29) is 5.56 Å². The molecule has 6 heteroatoms. The van der Waals surface area contributed by atoms with E-state index in [0.29, 0.717) is 5.82 Å². The summed E-state index contributed by atoms with van der Waals surface area (Å²) in [5.74, 6) is -0.234. The van der Waals surface area contributed by atoms with E-state index in [1.807, 2.05) is 18.2 Å². The van der Waals surface area contributed by atoms with Crippen LogP contribution in [0.15, 0.2) is 60.9 Å². The second-order valence-corrected chi connectivity index (χ2v) is 7.01. The van der Waals surface area contributed by atoms with Gasteiger partial charge in [-0.2, -0.15) is 0 Å². The lowest BCUT2D eigenvalue weighted by Gasteiger charge is -2.09. The first-order chi connectivity index (χ1) is 12.6. The Labute approximate surface area is 154 Å².